The van der Waals surface area contributed by atoms with Crippen molar-refractivity contribution in [3.63, 3.8) is 0 Å². The Bertz CT molecular complexity index is 413. The summed E-state index contributed by atoms with van der Waals surface area (Å²) in [6.45, 7) is -0.108. The smallest absolute Gasteiger partial charge is 0.160 e. The topological polar surface area (TPSA) is 61.8 Å². The van der Waals surface area contributed by atoms with Crippen molar-refractivity contribution in [3.05, 3.63) is 47.8 Å². The van der Waals surface area contributed by atoms with Crippen LogP contribution in [0.2, 0.25) is 0 Å². The fraction of sp³-hybridized carbons (Fsp3) is 0.200. The Morgan fingerprint density at radius 2 is 2.07 bits per heavy atom. The summed E-state index contributed by atoms with van der Waals surface area (Å²) in [4.78, 5) is 3.97. The summed E-state index contributed by atoms with van der Waals surface area (Å²) in [6, 6.07) is 5.94. The molecule has 1 atom stereocenters. The first-order valence-electron chi connectivity index (χ1n) is 4.53. The van der Waals surface area contributed by atoms with Gasteiger partial charge in [-0.2, -0.15) is 5.10 Å². The Kier molecular flexibility index (Phi) is 2.73. The molecule has 0 spiro atoms. The summed E-state index contributed by atoms with van der Waals surface area (Å²) >= 11 is 0. The lowest BCUT2D eigenvalue weighted by molar-refractivity contribution is 0.277. The number of nitrogens with zero attached hydrogens (tertiary/aromatic N) is 2. The van der Waals surface area contributed by atoms with Crippen molar-refractivity contribution in [2.45, 2.75) is 5.92 Å². The first kappa shape index (κ1) is 9.79. The number of hydrogen-bond donors (Lipinski definition) is 2. The third-order valence-electron chi connectivity index (χ3n) is 2.20. The molecule has 0 aliphatic heterocycles. The van der Waals surface area contributed by atoms with Crippen LogP contribution in [0.4, 0.5) is 4.39 Å². The molecule has 78 valence electrons. The highest BCUT2D eigenvalue weighted by atomic mass is 19.1. The van der Waals surface area contributed by atoms with Crippen molar-refractivity contribution in [1.29, 1.82) is 0 Å². The van der Waals surface area contributed by atoms with E-state index in [9.17, 15) is 9.50 Å². The molecule has 0 aliphatic rings. The zero-order valence-corrected chi connectivity index (χ0v) is 7.89. The van der Waals surface area contributed by atoms with Crippen molar-refractivity contribution in [2.75, 3.05) is 6.61 Å². The molecule has 0 aliphatic carbocycles. The van der Waals surface area contributed by atoms with Crippen LogP contribution in [0, 0.1) is 5.82 Å². The van der Waals surface area contributed by atoms with Gasteiger partial charge in [-0.15, -0.1) is 0 Å². The van der Waals surface area contributed by atoms with Crippen LogP contribution >= 0.6 is 0 Å². The molecule has 15 heavy (non-hydrogen) atoms. The average molecular weight is 207 g/mol. The van der Waals surface area contributed by atoms with Gasteiger partial charge in [0.15, 0.2) is 5.82 Å². The van der Waals surface area contributed by atoms with Gasteiger partial charge in [0.2, 0.25) is 0 Å². The van der Waals surface area contributed by atoms with Gasteiger partial charge < -0.3 is 5.11 Å². The van der Waals surface area contributed by atoms with E-state index in [1.165, 1.54) is 18.5 Å². The predicted octanol–water partition coefficient (Wildman–Crippen LogP) is 1.07. The Labute approximate surface area is 85.8 Å². The van der Waals surface area contributed by atoms with Crippen molar-refractivity contribution in [1.82, 2.24) is 15.2 Å². The zero-order valence-electron chi connectivity index (χ0n) is 7.89. The van der Waals surface area contributed by atoms with Crippen LogP contribution in [0.25, 0.3) is 0 Å². The number of rotatable bonds is 3. The molecule has 2 rings (SSSR count). The highest BCUT2D eigenvalue weighted by Gasteiger charge is 2.16. The third-order valence-corrected chi connectivity index (χ3v) is 2.20. The molecule has 1 unspecified atom stereocenters. The Morgan fingerprint density at radius 3 is 2.60 bits per heavy atom. The Hall–Kier alpha value is -1.75. The van der Waals surface area contributed by atoms with Crippen LogP contribution in [-0.4, -0.2) is 26.9 Å². The number of aromatic nitrogens is 3. The molecule has 1 aromatic heterocycles. The molecule has 5 heteroatoms. The van der Waals surface area contributed by atoms with Gasteiger partial charge in [0.1, 0.15) is 12.1 Å². The van der Waals surface area contributed by atoms with Gasteiger partial charge in [0, 0.05) is 0 Å². The predicted molar refractivity (Wildman–Crippen MR) is 51.7 cm³/mol. The summed E-state index contributed by atoms with van der Waals surface area (Å²) in [5, 5.41) is 15.7. The van der Waals surface area contributed by atoms with Crippen molar-refractivity contribution in [3.8, 4) is 0 Å². The van der Waals surface area contributed by atoms with E-state index >= 15 is 0 Å². The first-order valence-corrected chi connectivity index (χ1v) is 4.53. The maximum absolute atomic E-state index is 12.7. The summed E-state index contributed by atoms with van der Waals surface area (Å²) in [5.41, 5.74) is 0.790. The largest absolute Gasteiger partial charge is 0.395 e. The number of aromatic amines is 1. The molecule has 0 saturated carbocycles. The highest BCUT2D eigenvalue weighted by Crippen LogP contribution is 2.20. The molecule has 0 saturated heterocycles. The molecule has 4 nitrogen and oxygen atoms in total. The average Bonchev–Trinajstić information content (AvgIpc) is 2.75. The number of benzene rings is 1. The van der Waals surface area contributed by atoms with Crippen LogP contribution in [0.5, 0.6) is 0 Å². The van der Waals surface area contributed by atoms with Gasteiger partial charge in [0.05, 0.1) is 12.5 Å². The molecule has 1 heterocycles. The van der Waals surface area contributed by atoms with Crippen LogP contribution in [0.3, 0.4) is 0 Å². The van der Waals surface area contributed by atoms with E-state index in [2.05, 4.69) is 15.2 Å². The maximum Gasteiger partial charge on any atom is 0.160 e. The van der Waals surface area contributed by atoms with Gasteiger partial charge >= 0.3 is 0 Å². The summed E-state index contributed by atoms with van der Waals surface area (Å²) in [7, 11) is 0. The summed E-state index contributed by atoms with van der Waals surface area (Å²) in [5.74, 6) is -0.105. The molecule has 2 N–H and O–H groups in total. The zero-order chi connectivity index (χ0) is 10.7. The fourth-order valence-electron chi connectivity index (χ4n) is 1.42. The Morgan fingerprint density at radius 1 is 1.33 bits per heavy atom. The molecule has 0 radical (unpaired) electrons. The lowest BCUT2D eigenvalue weighted by Gasteiger charge is -2.10. The summed E-state index contributed by atoms with van der Waals surface area (Å²) in [6.07, 6.45) is 1.45. The van der Waals surface area contributed by atoms with Crippen LogP contribution in [0.15, 0.2) is 30.6 Å². The van der Waals surface area contributed by atoms with Crippen LogP contribution in [-0.2, 0) is 0 Å². The second kappa shape index (κ2) is 4.18. The molecule has 0 bridgehead atoms. The molecule has 2 aromatic rings. The number of nitrogens with one attached hydrogen (secondary N) is 1. The van der Waals surface area contributed by atoms with Gasteiger partial charge in [-0.25, -0.2) is 9.37 Å². The standard InChI is InChI=1S/C10H10FN3O/c11-8-3-1-7(2-4-8)9(5-15)10-12-6-13-14-10/h1-4,6,9,15H,5H2,(H,12,13,14). The first-order chi connectivity index (χ1) is 7.31. The van der Waals surface area contributed by atoms with Gasteiger partial charge in [-0.05, 0) is 17.7 Å². The van der Waals surface area contributed by atoms with E-state index in [1.54, 1.807) is 12.1 Å². The number of hydrogen-bond acceptors (Lipinski definition) is 3. The number of halogens is 1. The van der Waals surface area contributed by atoms with E-state index < -0.39 is 0 Å². The van der Waals surface area contributed by atoms with E-state index in [0.717, 1.165) is 5.56 Å². The molecule has 0 fully saturated rings. The second-order valence-electron chi connectivity index (χ2n) is 3.14. The van der Waals surface area contributed by atoms with Gasteiger partial charge in [-0.3, -0.25) is 5.10 Å². The number of aliphatic hydroxyl groups excluding tert-OH is 1. The number of aliphatic hydroxyl groups is 1. The lowest BCUT2D eigenvalue weighted by Crippen LogP contribution is -2.08. The van der Waals surface area contributed by atoms with E-state index in [1.807, 2.05) is 0 Å². The quantitative estimate of drug-likeness (QED) is 0.791. The third kappa shape index (κ3) is 2.02. The monoisotopic (exact) mass is 207 g/mol. The van der Waals surface area contributed by atoms with Gasteiger partial charge in [0.25, 0.3) is 0 Å². The normalized spacial score (nSPS) is 12.7. The second-order valence-corrected chi connectivity index (χ2v) is 3.14. The minimum absolute atomic E-state index is 0.108. The SMILES string of the molecule is OCC(c1ccc(F)cc1)c1nc[nH]n1. The maximum atomic E-state index is 12.7. The molecule has 1 aromatic carbocycles. The van der Waals surface area contributed by atoms with Crippen LogP contribution < -0.4 is 0 Å². The molecular formula is C10H10FN3O. The van der Waals surface area contributed by atoms with Crippen LogP contribution in [0.1, 0.15) is 17.3 Å². The molecular weight excluding hydrogens is 197 g/mol. The fourth-order valence-corrected chi connectivity index (χ4v) is 1.42. The summed E-state index contributed by atoms with van der Waals surface area (Å²) < 4.78 is 12.7. The highest BCUT2D eigenvalue weighted by molar-refractivity contribution is 5.25. The van der Waals surface area contributed by atoms with E-state index in [0.29, 0.717) is 5.82 Å². The Balaban J connectivity index is 2.31. The number of H-pyrrole nitrogens is 1. The van der Waals surface area contributed by atoms with Crippen molar-refractivity contribution >= 4 is 0 Å². The van der Waals surface area contributed by atoms with Crippen molar-refractivity contribution in [2.24, 2.45) is 0 Å². The van der Waals surface area contributed by atoms with E-state index in [4.69, 9.17) is 0 Å². The van der Waals surface area contributed by atoms with Crippen molar-refractivity contribution < 1.29 is 9.50 Å². The minimum atomic E-state index is -0.308. The van der Waals surface area contributed by atoms with E-state index in [-0.39, 0.29) is 18.3 Å². The minimum Gasteiger partial charge on any atom is -0.395 e. The lowest BCUT2D eigenvalue weighted by atomic mass is 9.99. The van der Waals surface area contributed by atoms with Gasteiger partial charge in [-0.1, -0.05) is 12.1 Å². The molecule has 0 amide bonds.